The molecule has 0 aliphatic heterocycles. The second-order valence-corrected chi connectivity index (χ2v) is 4.24. The molecule has 0 N–H and O–H groups in total. The number of hydrogen-bond acceptors (Lipinski definition) is 2. The normalized spacial score (nSPS) is 16.9. The molecule has 3 nitrogen and oxygen atoms in total. The molecule has 2 rings (SSSR count). The van der Waals surface area contributed by atoms with Gasteiger partial charge in [-0.2, -0.15) is 0 Å². The maximum atomic E-state index is 11.9. The average molecular weight is 239 g/mol. The Morgan fingerprint density at radius 1 is 1.17 bits per heavy atom. The number of amides is 1. The fourth-order valence-corrected chi connectivity index (χ4v) is 1.66. The molecule has 3 heteroatoms. The van der Waals surface area contributed by atoms with Crippen LogP contribution in [0.2, 0.25) is 0 Å². The molecule has 0 saturated heterocycles. The van der Waals surface area contributed by atoms with E-state index in [9.17, 15) is 9.59 Å². The fourth-order valence-electron chi connectivity index (χ4n) is 1.66. The summed E-state index contributed by atoms with van der Waals surface area (Å²) in [5.74, 6) is -0.339. The molecular formula is C15H13NO2. The third kappa shape index (κ3) is 2.69. The highest BCUT2D eigenvalue weighted by atomic mass is 16.1. The number of nitrogens with zero attached hydrogens (tertiary/aromatic N) is 1. The third-order valence-corrected chi connectivity index (χ3v) is 2.65. The van der Waals surface area contributed by atoms with Gasteiger partial charge < -0.3 is 0 Å². The molecule has 1 aromatic carbocycles. The first-order valence-corrected chi connectivity index (χ1v) is 5.66. The first-order chi connectivity index (χ1) is 8.56. The van der Waals surface area contributed by atoms with E-state index in [1.165, 1.54) is 6.08 Å². The Morgan fingerprint density at radius 3 is 2.61 bits per heavy atom. The average Bonchev–Trinajstić information content (AvgIpc) is 2.34. The fraction of sp³-hybridized carbons (Fsp3) is 0.133. The Labute approximate surface area is 106 Å². The summed E-state index contributed by atoms with van der Waals surface area (Å²) in [5.41, 5.74) is 2.67. The molecule has 1 aliphatic carbocycles. The van der Waals surface area contributed by atoms with Gasteiger partial charge in [-0.05, 0) is 49.8 Å². The highest BCUT2D eigenvalue weighted by Gasteiger charge is 2.09. The van der Waals surface area contributed by atoms with Crippen LogP contribution in [0.1, 0.15) is 22.8 Å². The predicted octanol–water partition coefficient (Wildman–Crippen LogP) is 2.66. The lowest BCUT2D eigenvalue weighted by molar-refractivity contribution is -0.111. The van der Waals surface area contributed by atoms with Crippen molar-refractivity contribution in [3.63, 3.8) is 0 Å². The molecule has 0 bridgehead atoms. The lowest BCUT2D eigenvalue weighted by Crippen LogP contribution is -2.07. The number of carbonyl (C=O) groups is 2. The van der Waals surface area contributed by atoms with Gasteiger partial charge in [-0.3, -0.25) is 9.59 Å². The summed E-state index contributed by atoms with van der Waals surface area (Å²) in [7, 11) is 0. The van der Waals surface area contributed by atoms with Crippen LogP contribution in [0, 0.1) is 6.92 Å². The van der Waals surface area contributed by atoms with Crippen molar-refractivity contribution in [1.29, 1.82) is 0 Å². The smallest absolute Gasteiger partial charge is 0.277 e. The molecule has 0 fully saturated rings. The number of aliphatic imine (C=N–C) groups is 1. The molecule has 1 aromatic rings. The van der Waals surface area contributed by atoms with Crippen molar-refractivity contribution >= 4 is 17.4 Å². The van der Waals surface area contributed by atoms with Gasteiger partial charge in [0, 0.05) is 5.56 Å². The van der Waals surface area contributed by atoms with Crippen molar-refractivity contribution in [1.82, 2.24) is 0 Å². The van der Waals surface area contributed by atoms with E-state index in [1.54, 1.807) is 31.2 Å². The molecule has 0 radical (unpaired) electrons. The van der Waals surface area contributed by atoms with Crippen LogP contribution in [-0.2, 0) is 4.79 Å². The third-order valence-electron chi connectivity index (χ3n) is 2.65. The van der Waals surface area contributed by atoms with Crippen LogP contribution in [0.5, 0.6) is 0 Å². The van der Waals surface area contributed by atoms with Gasteiger partial charge in [0.1, 0.15) is 0 Å². The molecular weight excluding hydrogens is 226 g/mol. The number of ketones is 1. The number of aryl methyl sites for hydroxylation is 1. The zero-order valence-electron chi connectivity index (χ0n) is 10.3. The Balaban J connectivity index is 2.27. The number of carbonyl (C=O) groups excluding carboxylic acids is 2. The molecule has 0 atom stereocenters. The minimum atomic E-state index is -0.295. The second-order valence-electron chi connectivity index (χ2n) is 4.24. The van der Waals surface area contributed by atoms with Crippen LogP contribution in [-0.4, -0.2) is 17.4 Å². The molecule has 1 aliphatic rings. The molecule has 90 valence electrons. The van der Waals surface area contributed by atoms with Gasteiger partial charge in [0.25, 0.3) is 5.91 Å². The summed E-state index contributed by atoms with van der Waals surface area (Å²) in [6.07, 6.45) is 4.61. The lowest BCUT2D eigenvalue weighted by atomic mass is 10.1. The Kier molecular flexibility index (Phi) is 3.33. The monoisotopic (exact) mass is 239 g/mol. The molecule has 0 heterocycles. The van der Waals surface area contributed by atoms with E-state index in [4.69, 9.17) is 0 Å². The summed E-state index contributed by atoms with van der Waals surface area (Å²) < 4.78 is 0. The summed E-state index contributed by atoms with van der Waals surface area (Å²) in [6.45, 7) is 3.63. The van der Waals surface area contributed by atoms with Gasteiger partial charge in [0.05, 0.1) is 5.71 Å². The summed E-state index contributed by atoms with van der Waals surface area (Å²) in [4.78, 5) is 27.2. The van der Waals surface area contributed by atoms with Crippen molar-refractivity contribution < 1.29 is 9.59 Å². The van der Waals surface area contributed by atoms with E-state index < -0.39 is 0 Å². The highest BCUT2D eigenvalue weighted by Crippen LogP contribution is 2.09. The van der Waals surface area contributed by atoms with Crippen LogP contribution in [0.3, 0.4) is 0 Å². The van der Waals surface area contributed by atoms with Crippen LogP contribution >= 0.6 is 0 Å². The number of allylic oxidation sites excluding steroid dienone is 4. The van der Waals surface area contributed by atoms with Gasteiger partial charge in [-0.1, -0.05) is 17.7 Å². The number of hydrogen-bond donors (Lipinski definition) is 0. The highest BCUT2D eigenvalue weighted by molar-refractivity contribution is 6.21. The summed E-state index contributed by atoms with van der Waals surface area (Å²) >= 11 is 0. The van der Waals surface area contributed by atoms with Crippen LogP contribution in [0.4, 0.5) is 0 Å². The summed E-state index contributed by atoms with van der Waals surface area (Å²) in [6, 6.07) is 7.27. The standard InChI is InChI=1S/C15H13NO2/c1-10-4-3-5-12(8-10)15(18)16-13-6-7-14(17)11(2)9-13/h3-9H,1-2H3. The van der Waals surface area contributed by atoms with Crippen molar-refractivity contribution in [3.05, 3.63) is 59.2 Å². The van der Waals surface area contributed by atoms with Crippen LogP contribution in [0.15, 0.2) is 53.1 Å². The van der Waals surface area contributed by atoms with Gasteiger partial charge in [-0.15, -0.1) is 0 Å². The quantitative estimate of drug-likeness (QED) is 0.707. The Bertz CT molecular complexity index is 607. The minimum absolute atomic E-state index is 0.0445. The molecule has 0 saturated carbocycles. The van der Waals surface area contributed by atoms with E-state index in [0.29, 0.717) is 16.8 Å². The topological polar surface area (TPSA) is 46.5 Å². The minimum Gasteiger partial charge on any atom is -0.290 e. The van der Waals surface area contributed by atoms with E-state index in [1.807, 2.05) is 19.1 Å². The van der Waals surface area contributed by atoms with E-state index in [0.717, 1.165) is 5.56 Å². The zero-order valence-corrected chi connectivity index (χ0v) is 10.3. The molecule has 0 unspecified atom stereocenters. The Morgan fingerprint density at radius 2 is 1.94 bits per heavy atom. The van der Waals surface area contributed by atoms with Crippen molar-refractivity contribution in [3.8, 4) is 0 Å². The molecule has 0 aromatic heterocycles. The SMILES string of the molecule is CC1=CC(=NC(=O)c2cccc(C)c2)C=CC1=O. The van der Waals surface area contributed by atoms with E-state index in [2.05, 4.69) is 4.99 Å². The van der Waals surface area contributed by atoms with Crippen molar-refractivity contribution in [2.45, 2.75) is 13.8 Å². The first kappa shape index (κ1) is 12.2. The number of benzene rings is 1. The first-order valence-electron chi connectivity index (χ1n) is 5.66. The largest absolute Gasteiger partial charge is 0.290 e. The maximum absolute atomic E-state index is 11.9. The van der Waals surface area contributed by atoms with Crippen LogP contribution < -0.4 is 0 Å². The van der Waals surface area contributed by atoms with Crippen LogP contribution in [0.25, 0.3) is 0 Å². The van der Waals surface area contributed by atoms with Gasteiger partial charge in [0.15, 0.2) is 5.78 Å². The maximum Gasteiger partial charge on any atom is 0.277 e. The predicted molar refractivity (Wildman–Crippen MR) is 70.8 cm³/mol. The molecule has 0 spiro atoms. The van der Waals surface area contributed by atoms with Gasteiger partial charge >= 0.3 is 0 Å². The molecule has 18 heavy (non-hydrogen) atoms. The van der Waals surface area contributed by atoms with E-state index in [-0.39, 0.29) is 11.7 Å². The van der Waals surface area contributed by atoms with Gasteiger partial charge in [0.2, 0.25) is 0 Å². The Hall–Kier alpha value is -2.29. The lowest BCUT2D eigenvalue weighted by Gasteiger charge is -2.03. The van der Waals surface area contributed by atoms with Crippen molar-refractivity contribution in [2.24, 2.45) is 4.99 Å². The van der Waals surface area contributed by atoms with Crippen molar-refractivity contribution in [2.75, 3.05) is 0 Å². The number of rotatable bonds is 1. The summed E-state index contributed by atoms with van der Waals surface area (Å²) in [5, 5.41) is 0. The second kappa shape index (κ2) is 4.92. The zero-order chi connectivity index (χ0) is 13.1. The van der Waals surface area contributed by atoms with E-state index >= 15 is 0 Å². The molecule has 1 amide bonds. The van der Waals surface area contributed by atoms with Gasteiger partial charge in [-0.25, -0.2) is 4.99 Å².